The lowest BCUT2D eigenvalue weighted by molar-refractivity contribution is -0.155. The number of para-hydroxylation sites is 1. The van der Waals surface area contributed by atoms with Crippen molar-refractivity contribution >= 4 is 5.97 Å². The predicted octanol–water partition coefficient (Wildman–Crippen LogP) is 0.524. The molecule has 1 aliphatic rings. The minimum Gasteiger partial charge on any atom is -0.476 e. The average Bonchev–Trinajstić information content (AvgIpc) is 2.27. The van der Waals surface area contributed by atoms with Gasteiger partial charge in [0.2, 0.25) is 6.10 Å². The summed E-state index contributed by atoms with van der Waals surface area (Å²) in [7, 11) is 1.28. The standard InChI is InChI=1S/C11H12O4/c1-14-11(13)10-8(12)6-7-4-2-3-5-9(7)15-10/h2-5,8,10,12H,6H2,1H3. The van der Waals surface area contributed by atoms with E-state index in [1.807, 2.05) is 18.2 Å². The number of aliphatic hydroxyl groups is 1. The molecule has 2 unspecified atom stereocenters. The molecule has 0 fully saturated rings. The molecule has 1 N–H and O–H groups in total. The fourth-order valence-electron chi connectivity index (χ4n) is 1.66. The van der Waals surface area contributed by atoms with Crippen molar-refractivity contribution in [1.82, 2.24) is 0 Å². The molecule has 80 valence electrons. The predicted molar refractivity (Wildman–Crippen MR) is 52.6 cm³/mol. The monoisotopic (exact) mass is 208 g/mol. The van der Waals surface area contributed by atoms with Crippen LogP contribution in [-0.4, -0.2) is 30.4 Å². The second kappa shape index (κ2) is 3.90. The highest BCUT2D eigenvalue weighted by Gasteiger charge is 2.34. The number of carbonyl (C=O) groups is 1. The zero-order valence-corrected chi connectivity index (χ0v) is 8.34. The van der Waals surface area contributed by atoms with Crippen LogP contribution in [0.4, 0.5) is 0 Å². The molecule has 0 spiro atoms. The Labute approximate surface area is 87.4 Å². The number of fused-ring (bicyclic) bond motifs is 1. The zero-order chi connectivity index (χ0) is 10.8. The van der Waals surface area contributed by atoms with E-state index in [2.05, 4.69) is 4.74 Å². The van der Waals surface area contributed by atoms with Crippen LogP contribution in [0.15, 0.2) is 24.3 Å². The van der Waals surface area contributed by atoms with Gasteiger partial charge in [0, 0.05) is 6.42 Å². The number of methoxy groups -OCH3 is 1. The Balaban J connectivity index is 2.25. The van der Waals surface area contributed by atoms with Gasteiger partial charge in [0.15, 0.2) is 0 Å². The van der Waals surface area contributed by atoms with E-state index in [1.165, 1.54) is 7.11 Å². The van der Waals surface area contributed by atoms with E-state index < -0.39 is 18.2 Å². The molecule has 0 aromatic heterocycles. The van der Waals surface area contributed by atoms with Crippen LogP contribution < -0.4 is 4.74 Å². The number of esters is 1. The average molecular weight is 208 g/mol. The molecule has 1 heterocycles. The van der Waals surface area contributed by atoms with E-state index in [1.54, 1.807) is 6.07 Å². The van der Waals surface area contributed by atoms with Crippen LogP contribution in [0.1, 0.15) is 5.56 Å². The molecule has 0 saturated carbocycles. The topological polar surface area (TPSA) is 55.8 Å². The summed E-state index contributed by atoms with van der Waals surface area (Å²) in [4.78, 5) is 11.3. The number of hydrogen-bond donors (Lipinski definition) is 1. The lowest BCUT2D eigenvalue weighted by Crippen LogP contribution is -2.43. The molecule has 0 radical (unpaired) electrons. The van der Waals surface area contributed by atoms with Crippen LogP contribution in [0.25, 0.3) is 0 Å². The van der Waals surface area contributed by atoms with Gasteiger partial charge in [-0.1, -0.05) is 18.2 Å². The summed E-state index contributed by atoms with van der Waals surface area (Å²) in [5, 5.41) is 9.69. The Hall–Kier alpha value is -1.55. The number of benzene rings is 1. The van der Waals surface area contributed by atoms with Crippen molar-refractivity contribution in [1.29, 1.82) is 0 Å². The fourth-order valence-corrected chi connectivity index (χ4v) is 1.66. The Morgan fingerprint density at radius 1 is 1.53 bits per heavy atom. The molecule has 0 amide bonds. The highest BCUT2D eigenvalue weighted by Crippen LogP contribution is 2.27. The van der Waals surface area contributed by atoms with Crippen LogP contribution in [-0.2, 0) is 16.0 Å². The molecule has 0 saturated heterocycles. The van der Waals surface area contributed by atoms with E-state index in [-0.39, 0.29) is 0 Å². The third-order valence-electron chi connectivity index (χ3n) is 2.44. The number of hydrogen-bond acceptors (Lipinski definition) is 4. The summed E-state index contributed by atoms with van der Waals surface area (Å²) in [6.07, 6.45) is -1.34. The summed E-state index contributed by atoms with van der Waals surface area (Å²) in [5.41, 5.74) is 0.908. The van der Waals surface area contributed by atoms with Gasteiger partial charge in [0.05, 0.1) is 7.11 Å². The number of carbonyl (C=O) groups excluding carboxylic acids is 1. The smallest absolute Gasteiger partial charge is 0.349 e. The fraction of sp³-hybridized carbons (Fsp3) is 0.364. The van der Waals surface area contributed by atoms with Crippen molar-refractivity contribution in [2.24, 2.45) is 0 Å². The van der Waals surface area contributed by atoms with Crippen molar-refractivity contribution in [3.05, 3.63) is 29.8 Å². The van der Waals surface area contributed by atoms with E-state index in [9.17, 15) is 9.90 Å². The van der Waals surface area contributed by atoms with Gasteiger partial charge in [0.25, 0.3) is 0 Å². The van der Waals surface area contributed by atoms with Gasteiger partial charge in [0.1, 0.15) is 11.9 Å². The third kappa shape index (κ3) is 1.80. The van der Waals surface area contributed by atoms with Crippen LogP contribution in [0.5, 0.6) is 5.75 Å². The van der Waals surface area contributed by atoms with Gasteiger partial charge in [-0.15, -0.1) is 0 Å². The summed E-state index contributed by atoms with van der Waals surface area (Å²) >= 11 is 0. The molecular formula is C11H12O4. The van der Waals surface area contributed by atoms with Gasteiger partial charge in [-0.05, 0) is 11.6 Å². The highest BCUT2D eigenvalue weighted by atomic mass is 16.6. The highest BCUT2D eigenvalue weighted by molar-refractivity contribution is 5.76. The maximum atomic E-state index is 11.3. The quantitative estimate of drug-likeness (QED) is 0.684. The maximum Gasteiger partial charge on any atom is 0.349 e. The van der Waals surface area contributed by atoms with Crippen LogP contribution in [0, 0.1) is 0 Å². The number of aliphatic hydroxyl groups excluding tert-OH is 1. The van der Waals surface area contributed by atoms with Gasteiger partial charge < -0.3 is 14.6 Å². The lowest BCUT2D eigenvalue weighted by Gasteiger charge is -2.28. The summed E-state index contributed by atoms with van der Waals surface area (Å²) < 4.78 is 9.92. The minimum atomic E-state index is -0.912. The van der Waals surface area contributed by atoms with Gasteiger partial charge in [-0.3, -0.25) is 0 Å². The SMILES string of the molecule is COC(=O)C1Oc2ccccc2CC1O. The summed E-state index contributed by atoms with van der Waals surface area (Å²) in [6.45, 7) is 0. The first-order valence-corrected chi connectivity index (χ1v) is 4.73. The molecule has 1 aromatic rings. The first-order valence-electron chi connectivity index (χ1n) is 4.73. The van der Waals surface area contributed by atoms with E-state index in [0.29, 0.717) is 12.2 Å². The molecule has 15 heavy (non-hydrogen) atoms. The molecule has 0 bridgehead atoms. The zero-order valence-electron chi connectivity index (χ0n) is 8.34. The van der Waals surface area contributed by atoms with Crippen molar-refractivity contribution < 1.29 is 19.4 Å². The van der Waals surface area contributed by atoms with Crippen molar-refractivity contribution in [2.45, 2.75) is 18.6 Å². The summed E-state index contributed by atoms with van der Waals surface area (Å²) in [5.74, 6) is 0.0928. The second-order valence-electron chi connectivity index (χ2n) is 3.44. The lowest BCUT2D eigenvalue weighted by atomic mass is 9.99. The molecule has 1 aliphatic heterocycles. The first kappa shape index (κ1) is 9.98. The van der Waals surface area contributed by atoms with Crippen molar-refractivity contribution in [3.63, 3.8) is 0 Å². The molecule has 4 nitrogen and oxygen atoms in total. The molecule has 2 rings (SSSR count). The normalized spacial score (nSPS) is 23.9. The van der Waals surface area contributed by atoms with Gasteiger partial charge >= 0.3 is 5.97 Å². The van der Waals surface area contributed by atoms with Crippen LogP contribution >= 0.6 is 0 Å². The molecule has 4 heteroatoms. The van der Waals surface area contributed by atoms with Gasteiger partial charge in [-0.25, -0.2) is 4.79 Å². The number of ether oxygens (including phenoxy) is 2. The Bertz CT molecular complexity index is 375. The Kier molecular flexibility index (Phi) is 2.60. The first-order chi connectivity index (χ1) is 7.22. The molecular weight excluding hydrogens is 196 g/mol. The Morgan fingerprint density at radius 3 is 3.00 bits per heavy atom. The van der Waals surface area contributed by atoms with E-state index in [4.69, 9.17) is 4.74 Å². The van der Waals surface area contributed by atoms with Crippen LogP contribution in [0.3, 0.4) is 0 Å². The Morgan fingerprint density at radius 2 is 2.27 bits per heavy atom. The number of rotatable bonds is 1. The van der Waals surface area contributed by atoms with Gasteiger partial charge in [-0.2, -0.15) is 0 Å². The van der Waals surface area contributed by atoms with Crippen LogP contribution in [0.2, 0.25) is 0 Å². The molecule has 2 atom stereocenters. The van der Waals surface area contributed by atoms with E-state index >= 15 is 0 Å². The molecule has 1 aromatic carbocycles. The summed E-state index contributed by atoms with van der Waals surface area (Å²) in [6, 6.07) is 7.33. The van der Waals surface area contributed by atoms with Crippen molar-refractivity contribution in [2.75, 3.05) is 7.11 Å². The maximum absolute atomic E-state index is 11.3. The largest absolute Gasteiger partial charge is 0.476 e. The third-order valence-corrected chi connectivity index (χ3v) is 2.44. The second-order valence-corrected chi connectivity index (χ2v) is 3.44. The molecule has 0 aliphatic carbocycles. The van der Waals surface area contributed by atoms with Crippen molar-refractivity contribution in [3.8, 4) is 5.75 Å². The minimum absolute atomic E-state index is 0.413. The van der Waals surface area contributed by atoms with E-state index in [0.717, 1.165) is 5.56 Å².